The number of phenols is 1. The van der Waals surface area contributed by atoms with E-state index in [1.165, 1.54) is 24.2 Å². The molecule has 0 spiro atoms. The van der Waals surface area contributed by atoms with Crippen LogP contribution in [0.25, 0.3) is 23.5 Å². The van der Waals surface area contributed by atoms with E-state index >= 15 is 0 Å². The van der Waals surface area contributed by atoms with Crippen molar-refractivity contribution >= 4 is 23.9 Å². The van der Waals surface area contributed by atoms with Crippen LogP contribution in [0.15, 0.2) is 53.4 Å². The minimum atomic E-state index is 0.229. The number of hydrogen-bond acceptors (Lipinski definition) is 5. The van der Waals surface area contributed by atoms with Crippen LogP contribution in [-0.4, -0.2) is 50.7 Å². The van der Waals surface area contributed by atoms with Crippen molar-refractivity contribution in [3.8, 4) is 17.1 Å². The third-order valence-corrected chi connectivity index (χ3v) is 6.19. The van der Waals surface area contributed by atoms with Crippen molar-refractivity contribution in [2.75, 3.05) is 25.9 Å². The number of thioether (sulfide) groups is 1. The zero-order valence-electron chi connectivity index (χ0n) is 17.4. The predicted molar refractivity (Wildman–Crippen MR) is 125 cm³/mol. The van der Waals surface area contributed by atoms with Gasteiger partial charge in [0, 0.05) is 11.4 Å². The summed E-state index contributed by atoms with van der Waals surface area (Å²) in [4.78, 5) is 8.47. The highest BCUT2D eigenvalue weighted by molar-refractivity contribution is 7.98. The maximum absolute atomic E-state index is 10.4. The van der Waals surface area contributed by atoms with Gasteiger partial charge in [-0.3, -0.25) is 0 Å². The standard InChI is InChI=1S/C24H28N4OS/c1-30-20-12-9-19(10-13-20)11-14-23-25-24(21-7-3-4-8-22(21)29)28(26-23)18-17-27-15-5-2-6-16-27/h3-4,7-14,29H,2,5-6,15-18H2,1H3. The molecule has 1 saturated heterocycles. The molecule has 1 aliphatic rings. The molecule has 0 bridgehead atoms. The lowest BCUT2D eigenvalue weighted by molar-refractivity contribution is 0.218. The van der Waals surface area contributed by atoms with Crippen LogP contribution < -0.4 is 0 Å². The molecular weight excluding hydrogens is 392 g/mol. The maximum Gasteiger partial charge on any atom is 0.174 e. The number of benzene rings is 2. The number of aromatic nitrogens is 3. The fourth-order valence-electron chi connectivity index (χ4n) is 3.75. The Balaban J connectivity index is 1.57. The molecule has 1 aliphatic heterocycles. The minimum Gasteiger partial charge on any atom is -0.507 e. The first-order chi connectivity index (χ1) is 14.7. The number of rotatable bonds is 7. The van der Waals surface area contributed by atoms with Crippen LogP contribution in [0.5, 0.6) is 5.75 Å². The highest BCUT2D eigenvalue weighted by Crippen LogP contribution is 2.27. The molecule has 1 aromatic heterocycles. The second-order valence-corrected chi connectivity index (χ2v) is 8.42. The van der Waals surface area contributed by atoms with E-state index in [0.717, 1.165) is 31.7 Å². The zero-order valence-corrected chi connectivity index (χ0v) is 18.2. The third-order valence-electron chi connectivity index (χ3n) is 5.45. The first-order valence-electron chi connectivity index (χ1n) is 10.5. The van der Waals surface area contributed by atoms with Crippen LogP contribution in [0, 0.1) is 0 Å². The average Bonchev–Trinajstić information content (AvgIpc) is 3.20. The summed E-state index contributed by atoms with van der Waals surface area (Å²) in [7, 11) is 0. The Morgan fingerprint density at radius 2 is 1.73 bits per heavy atom. The Labute approximate surface area is 182 Å². The van der Waals surface area contributed by atoms with Crippen molar-refractivity contribution in [1.82, 2.24) is 19.7 Å². The van der Waals surface area contributed by atoms with Crippen LogP contribution in [0.2, 0.25) is 0 Å². The van der Waals surface area contributed by atoms with Gasteiger partial charge in [0.25, 0.3) is 0 Å². The lowest BCUT2D eigenvalue weighted by Crippen LogP contribution is -2.32. The van der Waals surface area contributed by atoms with Crippen LogP contribution in [-0.2, 0) is 6.54 Å². The van der Waals surface area contributed by atoms with Gasteiger partial charge in [0.1, 0.15) is 5.75 Å². The Morgan fingerprint density at radius 1 is 0.967 bits per heavy atom. The SMILES string of the molecule is CSc1ccc(C=Cc2nc(-c3ccccc3O)n(CCN3CCCCC3)n2)cc1. The second-order valence-electron chi connectivity index (χ2n) is 7.54. The summed E-state index contributed by atoms with van der Waals surface area (Å²) >= 11 is 1.73. The van der Waals surface area contributed by atoms with Gasteiger partial charge in [-0.15, -0.1) is 11.8 Å². The molecule has 0 unspecified atom stereocenters. The molecule has 5 nitrogen and oxygen atoms in total. The van der Waals surface area contributed by atoms with E-state index in [1.54, 1.807) is 17.8 Å². The maximum atomic E-state index is 10.4. The van der Waals surface area contributed by atoms with Crippen molar-refractivity contribution in [2.24, 2.45) is 0 Å². The van der Waals surface area contributed by atoms with E-state index in [1.807, 2.05) is 35.0 Å². The summed E-state index contributed by atoms with van der Waals surface area (Å²) in [6, 6.07) is 15.8. The molecule has 156 valence electrons. The molecule has 6 heteroatoms. The van der Waals surface area contributed by atoms with E-state index in [2.05, 4.69) is 35.4 Å². The lowest BCUT2D eigenvalue weighted by Gasteiger charge is -2.26. The molecule has 0 amide bonds. The molecule has 0 atom stereocenters. The van der Waals surface area contributed by atoms with Gasteiger partial charge in [0.05, 0.1) is 12.1 Å². The molecule has 1 N–H and O–H groups in total. The summed E-state index contributed by atoms with van der Waals surface area (Å²) < 4.78 is 1.93. The number of piperidine rings is 1. The molecule has 0 aliphatic carbocycles. The fraction of sp³-hybridized carbons (Fsp3) is 0.333. The van der Waals surface area contributed by atoms with Crippen molar-refractivity contribution in [2.45, 2.75) is 30.7 Å². The molecular formula is C24H28N4OS. The number of likely N-dealkylation sites (tertiary alicyclic amines) is 1. The van der Waals surface area contributed by atoms with Gasteiger partial charge in [-0.1, -0.05) is 36.8 Å². The molecule has 2 heterocycles. The second kappa shape index (κ2) is 9.96. The summed E-state index contributed by atoms with van der Waals surface area (Å²) in [5, 5.41) is 15.1. The molecule has 30 heavy (non-hydrogen) atoms. The summed E-state index contributed by atoms with van der Waals surface area (Å²) in [6.45, 7) is 4.01. The van der Waals surface area contributed by atoms with Crippen LogP contribution in [0.3, 0.4) is 0 Å². The first-order valence-corrected chi connectivity index (χ1v) is 11.7. The van der Waals surface area contributed by atoms with Crippen LogP contribution >= 0.6 is 11.8 Å². The molecule has 0 saturated carbocycles. The van der Waals surface area contributed by atoms with E-state index in [9.17, 15) is 5.11 Å². The van der Waals surface area contributed by atoms with Crippen LogP contribution in [0.4, 0.5) is 0 Å². The fourth-order valence-corrected chi connectivity index (χ4v) is 4.16. The van der Waals surface area contributed by atoms with E-state index in [4.69, 9.17) is 10.1 Å². The minimum absolute atomic E-state index is 0.229. The Morgan fingerprint density at radius 3 is 2.47 bits per heavy atom. The van der Waals surface area contributed by atoms with Crippen molar-refractivity contribution < 1.29 is 5.11 Å². The lowest BCUT2D eigenvalue weighted by atomic mass is 10.1. The Kier molecular flexibility index (Phi) is 6.87. The monoisotopic (exact) mass is 420 g/mol. The highest BCUT2D eigenvalue weighted by Gasteiger charge is 2.16. The van der Waals surface area contributed by atoms with Crippen LogP contribution in [0.1, 0.15) is 30.7 Å². The van der Waals surface area contributed by atoms with E-state index in [0.29, 0.717) is 17.2 Å². The van der Waals surface area contributed by atoms with Gasteiger partial charge < -0.3 is 10.0 Å². The van der Waals surface area contributed by atoms with E-state index < -0.39 is 0 Å². The quantitative estimate of drug-likeness (QED) is 0.544. The van der Waals surface area contributed by atoms with Crippen molar-refractivity contribution in [3.05, 3.63) is 59.9 Å². The Hall–Kier alpha value is -2.57. The van der Waals surface area contributed by atoms with E-state index in [-0.39, 0.29) is 5.75 Å². The largest absolute Gasteiger partial charge is 0.507 e. The number of para-hydroxylation sites is 1. The van der Waals surface area contributed by atoms with Gasteiger partial charge in [0.2, 0.25) is 0 Å². The van der Waals surface area contributed by atoms with Gasteiger partial charge in [-0.05, 0) is 68.1 Å². The van der Waals surface area contributed by atoms with Gasteiger partial charge in [0.15, 0.2) is 11.6 Å². The number of phenolic OH excluding ortho intramolecular Hbond substituents is 1. The average molecular weight is 421 g/mol. The molecule has 2 aromatic carbocycles. The summed E-state index contributed by atoms with van der Waals surface area (Å²) in [5.74, 6) is 1.59. The third kappa shape index (κ3) is 5.12. The topological polar surface area (TPSA) is 54.2 Å². The predicted octanol–water partition coefficient (Wildman–Crippen LogP) is 5.03. The smallest absolute Gasteiger partial charge is 0.174 e. The van der Waals surface area contributed by atoms with Gasteiger partial charge in [-0.2, -0.15) is 5.10 Å². The number of nitrogens with zero attached hydrogens (tertiary/aromatic N) is 4. The van der Waals surface area contributed by atoms with Crippen molar-refractivity contribution in [1.29, 1.82) is 0 Å². The molecule has 4 rings (SSSR count). The van der Waals surface area contributed by atoms with Gasteiger partial charge >= 0.3 is 0 Å². The number of hydrogen-bond donors (Lipinski definition) is 1. The number of aromatic hydroxyl groups is 1. The normalized spacial score (nSPS) is 15.1. The molecule has 1 fully saturated rings. The first kappa shape index (κ1) is 20.7. The van der Waals surface area contributed by atoms with Crippen molar-refractivity contribution in [3.63, 3.8) is 0 Å². The molecule has 3 aromatic rings. The Bertz CT molecular complexity index is 991. The summed E-state index contributed by atoms with van der Waals surface area (Å²) in [6.07, 6.45) is 9.92. The van der Waals surface area contributed by atoms with Gasteiger partial charge in [-0.25, -0.2) is 9.67 Å². The molecule has 0 radical (unpaired) electrons. The highest BCUT2D eigenvalue weighted by atomic mass is 32.2. The zero-order chi connectivity index (χ0) is 20.8. The summed E-state index contributed by atoms with van der Waals surface area (Å²) in [5.41, 5.74) is 1.83.